The largest absolute Gasteiger partial charge is 0.477 e. The summed E-state index contributed by atoms with van der Waals surface area (Å²) >= 11 is 0. The predicted octanol–water partition coefficient (Wildman–Crippen LogP) is 2.25. The molecule has 0 fully saturated rings. The highest BCUT2D eigenvalue weighted by Crippen LogP contribution is 2.26. The maximum atomic E-state index is 11.2. The van der Waals surface area contributed by atoms with Crippen LogP contribution in [0.2, 0.25) is 0 Å². The first-order chi connectivity index (χ1) is 10.8. The molecule has 0 unspecified atom stereocenters. The van der Waals surface area contributed by atoms with Crippen LogP contribution in [-0.4, -0.2) is 31.6 Å². The smallest absolute Gasteiger partial charge is 0.343 e. The number of carbonyl (C=O) groups is 2. The van der Waals surface area contributed by atoms with Gasteiger partial charge in [0.1, 0.15) is 11.3 Å². The molecule has 0 aliphatic carbocycles. The SMILES string of the molecule is Cc1ccc(-n2cccc2C=C(C(=O)O)C(=O)O)c([N+](=O)[O-])c1. The van der Waals surface area contributed by atoms with Crippen molar-refractivity contribution in [3.63, 3.8) is 0 Å². The Labute approximate surface area is 130 Å². The maximum Gasteiger partial charge on any atom is 0.343 e. The molecular formula is C15H12N2O6. The van der Waals surface area contributed by atoms with Crippen molar-refractivity contribution in [3.8, 4) is 5.69 Å². The summed E-state index contributed by atoms with van der Waals surface area (Å²) in [4.78, 5) is 32.6. The van der Waals surface area contributed by atoms with Crippen molar-refractivity contribution in [1.29, 1.82) is 0 Å². The zero-order valence-electron chi connectivity index (χ0n) is 12.0. The van der Waals surface area contributed by atoms with Crippen LogP contribution in [0, 0.1) is 17.0 Å². The van der Waals surface area contributed by atoms with Gasteiger partial charge in [-0.1, -0.05) is 6.07 Å². The molecule has 8 heteroatoms. The Morgan fingerprint density at radius 2 is 1.87 bits per heavy atom. The van der Waals surface area contributed by atoms with Gasteiger partial charge in [0.25, 0.3) is 5.69 Å². The summed E-state index contributed by atoms with van der Waals surface area (Å²) in [6, 6.07) is 7.58. The number of aryl methyl sites for hydroxylation is 1. The molecule has 0 atom stereocenters. The van der Waals surface area contributed by atoms with E-state index in [1.165, 1.54) is 35.0 Å². The first-order valence-corrected chi connectivity index (χ1v) is 6.42. The highest BCUT2D eigenvalue weighted by atomic mass is 16.6. The van der Waals surface area contributed by atoms with Crippen LogP contribution in [-0.2, 0) is 9.59 Å². The zero-order chi connectivity index (χ0) is 17.1. The normalized spacial score (nSPS) is 10.1. The Bertz CT molecular complexity index is 818. The van der Waals surface area contributed by atoms with Gasteiger partial charge in [-0.05, 0) is 36.8 Å². The quantitative estimate of drug-likeness (QED) is 0.287. The van der Waals surface area contributed by atoms with Crippen molar-refractivity contribution in [2.24, 2.45) is 0 Å². The third-order valence-electron chi connectivity index (χ3n) is 3.12. The summed E-state index contributed by atoms with van der Waals surface area (Å²) in [5, 5.41) is 29.0. The first kappa shape index (κ1) is 16.0. The van der Waals surface area contributed by atoms with E-state index in [4.69, 9.17) is 10.2 Å². The second-order valence-electron chi connectivity index (χ2n) is 4.72. The second kappa shape index (κ2) is 6.14. The molecule has 8 nitrogen and oxygen atoms in total. The van der Waals surface area contributed by atoms with E-state index in [0.717, 1.165) is 6.08 Å². The standard InChI is InChI=1S/C15H12N2O6/c1-9-4-5-12(13(7-9)17(22)23)16-6-2-3-10(16)8-11(14(18)19)15(20)21/h2-8H,1H3,(H,18,19)(H,20,21). The number of hydrogen-bond donors (Lipinski definition) is 2. The van der Waals surface area contributed by atoms with Gasteiger partial charge in [0, 0.05) is 18.0 Å². The van der Waals surface area contributed by atoms with Crippen molar-refractivity contribution in [3.05, 3.63) is 63.5 Å². The molecule has 1 aromatic carbocycles. The Kier molecular flexibility index (Phi) is 4.26. The number of carboxylic acid groups (broad SMARTS) is 2. The number of hydrogen-bond acceptors (Lipinski definition) is 4. The summed E-state index contributed by atoms with van der Waals surface area (Å²) in [7, 11) is 0. The van der Waals surface area contributed by atoms with Gasteiger partial charge < -0.3 is 14.8 Å². The zero-order valence-corrected chi connectivity index (χ0v) is 12.0. The molecule has 0 bridgehead atoms. The fraction of sp³-hybridized carbons (Fsp3) is 0.0667. The van der Waals surface area contributed by atoms with E-state index in [0.29, 0.717) is 5.56 Å². The predicted molar refractivity (Wildman–Crippen MR) is 80.4 cm³/mol. The van der Waals surface area contributed by atoms with Crippen molar-refractivity contribution in [2.45, 2.75) is 6.92 Å². The van der Waals surface area contributed by atoms with Crippen LogP contribution >= 0.6 is 0 Å². The number of carboxylic acids is 2. The maximum absolute atomic E-state index is 11.2. The number of aromatic nitrogens is 1. The summed E-state index contributed by atoms with van der Waals surface area (Å²) in [6.07, 6.45) is 2.44. The van der Waals surface area contributed by atoms with Crippen molar-refractivity contribution in [1.82, 2.24) is 4.57 Å². The summed E-state index contributed by atoms with van der Waals surface area (Å²) in [5.74, 6) is -3.19. The van der Waals surface area contributed by atoms with E-state index >= 15 is 0 Å². The van der Waals surface area contributed by atoms with E-state index in [2.05, 4.69) is 0 Å². The van der Waals surface area contributed by atoms with Crippen LogP contribution in [0.1, 0.15) is 11.3 Å². The van der Waals surface area contributed by atoms with Gasteiger partial charge in [0.2, 0.25) is 0 Å². The Morgan fingerprint density at radius 1 is 1.22 bits per heavy atom. The molecule has 0 spiro atoms. The minimum Gasteiger partial charge on any atom is -0.477 e. The molecule has 0 radical (unpaired) electrons. The van der Waals surface area contributed by atoms with Crippen LogP contribution in [0.4, 0.5) is 5.69 Å². The van der Waals surface area contributed by atoms with E-state index in [1.807, 2.05) is 0 Å². The fourth-order valence-corrected chi connectivity index (χ4v) is 2.08. The van der Waals surface area contributed by atoms with Crippen LogP contribution < -0.4 is 0 Å². The number of rotatable bonds is 5. The Morgan fingerprint density at radius 3 is 2.43 bits per heavy atom. The van der Waals surface area contributed by atoms with Crippen LogP contribution in [0.25, 0.3) is 11.8 Å². The van der Waals surface area contributed by atoms with Gasteiger partial charge in [0.05, 0.1) is 4.92 Å². The van der Waals surface area contributed by atoms with Crippen molar-refractivity contribution < 1.29 is 24.7 Å². The van der Waals surface area contributed by atoms with Gasteiger partial charge in [-0.25, -0.2) is 9.59 Å². The summed E-state index contributed by atoms with van der Waals surface area (Å²) in [5.41, 5.74) is 0.118. The molecule has 23 heavy (non-hydrogen) atoms. The van der Waals surface area contributed by atoms with Crippen LogP contribution in [0.5, 0.6) is 0 Å². The van der Waals surface area contributed by atoms with Crippen molar-refractivity contribution in [2.75, 3.05) is 0 Å². The van der Waals surface area contributed by atoms with Gasteiger partial charge >= 0.3 is 11.9 Å². The van der Waals surface area contributed by atoms with Crippen molar-refractivity contribution >= 4 is 23.7 Å². The first-order valence-electron chi connectivity index (χ1n) is 6.42. The lowest BCUT2D eigenvalue weighted by Crippen LogP contribution is -2.11. The number of nitro benzene ring substituents is 1. The molecule has 2 N–H and O–H groups in total. The summed E-state index contributed by atoms with van der Waals surface area (Å²) < 4.78 is 1.36. The molecule has 1 heterocycles. The van der Waals surface area contributed by atoms with Gasteiger partial charge in [-0.15, -0.1) is 0 Å². The molecule has 0 aliphatic heterocycles. The Balaban J connectivity index is 2.64. The fourth-order valence-electron chi connectivity index (χ4n) is 2.08. The number of nitrogens with zero attached hydrogens (tertiary/aromatic N) is 2. The molecule has 0 saturated heterocycles. The number of aliphatic carboxylic acids is 2. The highest BCUT2D eigenvalue weighted by Gasteiger charge is 2.20. The Hall–Kier alpha value is -3.42. The van der Waals surface area contributed by atoms with Crippen LogP contribution in [0.3, 0.4) is 0 Å². The average Bonchev–Trinajstić information content (AvgIpc) is 2.91. The van der Waals surface area contributed by atoms with E-state index < -0.39 is 22.4 Å². The topological polar surface area (TPSA) is 123 Å². The third-order valence-corrected chi connectivity index (χ3v) is 3.12. The van der Waals surface area contributed by atoms with Gasteiger partial charge in [0.15, 0.2) is 0 Å². The molecule has 2 rings (SSSR count). The van der Waals surface area contributed by atoms with Gasteiger partial charge in [-0.2, -0.15) is 0 Å². The molecule has 0 amide bonds. The molecular weight excluding hydrogens is 304 g/mol. The second-order valence-corrected chi connectivity index (χ2v) is 4.72. The lowest BCUT2D eigenvalue weighted by molar-refractivity contribution is -0.384. The average molecular weight is 316 g/mol. The minimum absolute atomic E-state index is 0.164. The van der Waals surface area contributed by atoms with E-state index in [1.54, 1.807) is 13.0 Å². The van der Waals surface area contributed by atoms with Gasteiger partial charge in [-0.3, -0.25) is 10.1 Å². The van der Waals surface area contributed by atoms with E-state index in [-0.39, 0.29) is 17.1 Å². The minimum atomic E-state index is -1.59. The lowest BCUT2D eigenvalue weighted by Gasteiger charge is -2.08. The number of benzene rings is 1. The molecule has 1 aromatic heterocycles. The lowest BCUT2D eigenvalue weighted by atomic mass is 10.1. The van der Waals surface area contributed by atoms with E-state index in [9.17, 15) is 19.7 Å². The van der Waals surface area contributed by atoms with Crippen LogP contribution in [0.15, 0.2) is 42.1 Å². The molecule has 0 aliphatic rings. The summed E-state index contributed by atoms with van der Waals surface area (Å²) in [6.45, 7) is 1.71. The monoisotopic (exact) mass is 316 g/mol. The number of nitro groups is 1. The molecule has 2 aromatic rings. The third kappa shape index (κ3) is 3.26. The molecule has 0 saturated carbocycles. The highest BCUT2D eigenvalue weighted by molar-refractivity contribution is 6.16. The molecule has 118 valence electrons.